The zero-order valence-electron chi connectivity index (χ0n) is 16.9. The number of esters is 1. The Labute approximate surface area is 181 Å². The average Bonchev–Trinajstić information content (AvgIpc) is 3.14. The van der Waals surface area contributed by atoms with Gasteiger partial charge >= 0.3 is 11.6 Å². The maximum absolute atomic E-state index is 12.6. The van der Waals surface area contributed by atoms with Crippen molar-refractivity contribution in [3.63, 3.8) is 0 Å². The maximum Gasteiger partial charge on any atom is 0.338 e. The van der Waals surface area contributed by atoms with Crippen LogP contribution in [0.25, 0.3) is 21.7 Å². The number of carbonyl (C=O) groups excluding carboxylic acids is 3. The van der Waals surface area contributed by atoms with Crippen LogP contribution in [0, 0.1) is 0 Å². The smallest absolute Gasteiger partial charge is 0.338 e. The molecule has 4 aromatic rings. The molecule has 1 aliphatic rings. The molecule has 0 atom stereocenters. The lowest BCUT2D eigenvalue weighted by atomic mass is 10.0. The second-order valence-corrected chi connectivity index (χ2v) is 7.50. The first-order valence-electron chi connectivity index (χ1n) is 10.1. The Hall–Kier alpha value is -4.26. The lowest BCUT2D eigenvalue weighted by Crippen LogP contribution is -2.28. The minimum absolute atomic E-state index is 0.111. The van der Waals surface area contributed by atoms with Gasteiger partial charge in [-0.3, -0.25) is 14.5 Å². The SMILES string of the molecule is O=C(OCc1cc(=O)oc2ccc3ccccc3c12)c1ccc(N2C(=O)CCC2=O)cc1. The van der Waals surface area contributed by atoms with Gasteiger partial charge in [0.05, 0.1) is 11.3 Å². The van der Waals surface area contributed by atoms with E-state index in [1.807, 2.05) is 30.3 Å². The molecule has 5 rings (SSSR count). The molecule has 1 fully saturated rings. The summed E-state index contributed by atoms with van der Waals surface area (Å²) in [6.45, 7) is -0.111. The molecule has 1 aromatic heterocycles. The lowest BCUT2D eigenvalue weighted by Gasteiger charge is -2.14. The quantitative estimate of drug-likeness (QED) is 0.212. The topological polar surface area (TPSA) is 93.9 Å². The predicted octanol–water partition coefficient (Wildman–Crippen LogP) is 3.96. The second kappa shape index (κ2) is 7.77. The highest BCUT2D eigenvalue weighted by molar-refractivity contribution is 6.19. The summed E-state index contributed by atoms with van der Waals surface area (Å²) in [6, 6.07) is 18.7. The number of hydrogen-bond donors (Lipinski definition) is 0. The van der Waals surface area contributed by atoms with Gasteiger partial charge in [0.15, 0.2) is 0 Å². The Morgan fingerprint density at radius 3 is 2.38 bits per heavy atom. The highest BCUT2D eigenvalue weighted by atomic mass is 16.5. The molecule has 158 valence electrons. The number of fused-ring (bicyclic) bond motifs is 3. The van der Waals surface area contributed by atoms with E-state index in [4.69, 9.17) is 9.15 Å². The molecule has 0 unspecified atom stereocenters. The van der Waals surface area contributed by atoms with Gasteiger partial charge in [0.1, 0.15) is 12.2 Å². The molecule has 1 aliphatic heterocycles. The summed E-state index contributed by atoms with van der Waals surface area (Å²) >= 11 is 0. The molecule has 0 radical (unpaired) electrons. The summed E-state index contributed by atoms with van der Waals surface area (Å²) in [4.78, 5) is 49.5. The van der Waals surface area contributed by atoms with Crippen molar-refractivity contribution >= 4 is 45.2 Å². The van der Waals surface area contributed by atoms with Crippen LogP contribution in [0.2, 0.25) is 0 Å². The van der Waals surface area contributed by atoms with E-state index in [1.165, 1.54) is 30.3 Å². The molecule has 0 spiro atoms. The Morgan fingerprint density at radius 2 is 1.62 bits per heavy atom. The largest absolute Gasteiger partial charge is 0.457 e. The number of carbonyl (C=O) groups is 3. The van der Waals surface area contributed by atoms with E-state index >= 15 is 0 Å². The minimum atomic E-state index is -0.586. The molecule has 0 N–H and O–H groups in total. The van der Waals surface area contributed by atoms with Crippen LogP contribution < -0.4 is 10.5 Å². The molecule has 7 heteroatoms. The number of nitrogens with zero attached hydrogens (tertiary/aromatic N) is 1. The summed E-state index contributed by atoms with van der Waals surface area (Å²) < 4.78 is 10.8. The Kier molecular flexibility index (Phi) is 4.78. The van der Waals surface area contributed by atoms with Crippen molar-refractivity contribution < 1.29 is 23.5 Å². The Morgan fingerprint density at radius 1 is 0.906 bits per heavy atom. The van der Waals surface area contributed by atoms with E-state index in [0.29, 0.717) is 16.8 Å². The van der Waals surface area contributed by atoms with E-state index in [0.717, 1.165) is 21.1 Å². The van der Waals surface area contributed by atoms with E-state index in [-0.39, 0.29) is 36.8 Å². The molecule has 2 heterocycles. The van der Waals surface area contributed by atoms with Crippen molar-refractivity contribution in [3.05, 3.63) is 88.3 Å². The van der Waals surface area contributed by atoms with Gasteiger partial charge in [0.2, 0.25) is 11.8 Å². The third-order valence-corrected chi connectivity index (χ3v) is 5.49. The normalized spacial score (nSPS) is 13.8. The van der Waals surface area contributed by atoms with Crippen molar-refractivity contribution in [2.24, 2.45) is 0 Å². The van der Waals surface area contributed by atoms with Crippen LogP contribution in [-0.2, 0) is 20.9 Å². The first-order valence-corrected chi connectivity index (χ1v) is 10.1. The van der Waals surface area contributed by atoms with Gasteiger partial charge in [-0.05, 0) is 41.1 Å². The average molecular weight is 427 g/mol. The summed E-state index contributed by atoms with van der Waals surface area (Å²) in [5.74, 6) is -1.10. The van der Waals surface area contributed by atoms with E-state index < -0.39 is 11.6 Å². The van der Waals surface area contributed by atoms with Gasteiger partial charge in [0.25, 0.3) is 0 Å². The minimum Gasteiger partial charge on any atom is -0.457 e. The van der Waals surface area contributed by atoms with Crippen molar-refractivity contribution in [1.82, 2.24) is 0 Å². The van der Waals surface area contributed by atoms with Gasteiger partial charge in [0, 0.05) is 29.9 Å². The molecule has 0 bridgehead atoms. The molecule has 32 heavy (non-hydrogen) atoms. The summed E-state index contributed by atoms with van der Waals surface area (Å²) in [6.07, 6.45) is 0.382. The number of hydrogen-bond acceptors (Lipinski definition) is 6. The van der Waals surface area contributed by atoms with Gasteiger partial charge in [-0.1, -0.05) is 30.3 Å². The van der Waals surface area contributed by atoms with E-state index in [1.54, 1.807) is 6.07 Å². The third kappa shape index (κ3) is 3.43. The van der Waals surface area contributed by atoms with Gasteiger partial charge in [-0.2, -0.15) is 0 Å². The maximum atomic E-state index is 12.6. The highest BCUT2D eigenvalue weighted by Crippen LogP contribution is 2.28. The summed E-state index contributed by atoms with van der Waals surface area (Å²) in [7, 11) is 0. The highest BCUT2D eigenvalue weighted by Gasteiger charge is 2.30. The van der Waals surface area contributed by atoms with E-state index in [2.05, 4.69) is 0 Å². The standard InChI is InChI=1S/C25H17NO6/c27-21-11-12-22(28)26(21)18-8-5-16(6-9-18)25(30)31-14-17-13-23(29)32-20-10-7-15-3-1-2-4-19(15)24(17)20/h1-10,13H,11-12,14H2. The molecule has 0 aliphatic carbocycles. The van der Waals surface area contributed by atoms with Gasteiger partial charge < -0.3 is 9.15 Å². The monoisotopic (exact) mass is 427 g/mol. The van der Waals surface area contributed by atoms with Crippen LogP contribution in [0.1, 0.15) is 28.8 Å². The van der Waals surface area contributed by atoms with Crippen LogP contribution in [-0.4, -0.2) is 17.8 Å². The van der Waals surface area contributed by atoms with Crippen LogP contribution in [0.15, 0.2) is 75.9 Å². The fourth-order valence-corrected chi connectivity index (χ4v) is 3.97. The molecule has 3 aromatic carbocycles. The number of ether oxygens (including phenoxy) is 1. The van der Waals surface area contributed by atoms with Crippen LogP contribution in [0.4, 0.5) is 5.69 Å². The van der Waals surface area contributed by atoms with Crippen LogP contribution in [0.3, 0.4) is 0 Å². The van der Waals surface area contributed by atoms with Crippen LogP contribution in [0.5, 0.6) is 0 Å². The molecule has 1 saturated heterocycles. The Balaban J connectivity index is 1.40. The van der Waals surface area contributed by atoms with Gasteiger partial charge in [-0.15, -0.1) is 0 Å². The number of amides is 2. The Bertz CT molecular complexity index is 1440. The molecule has 7 nitrogen and oxygen atoms in total. The zero-order valence-corrected chi connectivity index (χ0v) is 16.9. The zero-order chi connectivity index (χ0) is 22.2. The second-order valence-electron chi connectivity index (χ2n) is 7.50. The number of benzene rings is 3. The van der Waals surface area contributed by atoms with Crippen LogP contribution >= 0.6 is 0 Å². The summed E-state index contributed by atoms with van der Waals surface area (Å²) in [5.41, 5.74) is 1.14. The molecular formula is C25H17NO6. The third-order valence-electron chi connectivity index (χ3n) is 5.49. The first-order chi connectivity index (χ1) is 15.5. The van der Waals surface area contributed by atoms with Crippen molar-refractivity contribution in [2.75, 3.05) is 4.90 Å². The van der Waals surface area contributed by atoms with Gasteiger partial charge in [-0.25, -0.2) is 9.59 Å². The number of anilines is 1. The number of rotatable bonds is 4. The number of imide groups is 1. The van der Waals surface area contributed by atoms with Crippen molar-refractivity contribution in [2.45, 2.75) is 19.4 Å². The fourth-order valence-electron chi connectivity index (χ4n) is 3.97. The lowest BCUT2D eigenvalue weighted by molar-refractivity contribution is -0.121. The van der Waals surface area contributed by atoms with Crippen molar-refractivity contribution in [1.29, 1.82) is 0 Å². The predicted molar refractivity (Wildman–Crippen MR) is 117 cm³/mol. The summed E-state index contributed by atoms with van der Waals surface area (Å²) in [5, 5.41) is 2.59. The van der Waals surface area contributed by atoms with E-state index in [9.17, 15) is 19.2 Å². The molecule has 2 amide bonds. The fraction of sp³-hybridized carbons (Fsp3) is 0.120. The first kappa shape index (κ1) is 19.7. The molecule has 0 saturated carbocycles. The van der Waals surface area contributed by atoms with Crippen molar-refractivity contribution in [3.8, 4) is 0 Å². The molecular weight excluding hydrogens is 410 g/mol.